The number of unbranched alkanes of at least 4 members (excludes halogenated alkanes) is 1. The highest BCUT2D eigenvalue weighted by Gasteiger charge is 2.52. The number of aromatic nitrogens is 6. The Balaban J connectivity index is 1.20. The van der Waals surface area contributed by atoms with Crippen LogP contribution in [-0.4, -0.2) is 29.8 Å². The number of tetrazole rings is 1. The molecule has 0 atom stereocenters. The molecule has 7 heteroatoms. The third-order valence-corrected chi connectivity index (χ3v) is 9.50. The minimum Gasteiger partial charge on any atom is -0.293 e. The monoisotopic (exact) mass is 508 g/mol. The van der Waals surface area contributed by atoms with Crippen LogP contribution in [0.3, 0.4) is 0 Å². The van der Waals surface area contributed by atoms with Crippen LogP contribution in [0.25, 0.3) is 22.5 Å². The molecule has 0 saturated heterocycles. The van der Waals surface area contributed by atoms with Crippen LogP contribution in [0.5, 0.6) is 0 Å². The second kappa shape index (κ2) is 9.37. The van der Waals surface area contributed by atoms with Crippen LogP contribution in [0, 0.1) is 17.8 Å². The van der Waals surface area contributed by atoms with E-state index in [2.05, 4.69) is 73.2 Å². The predicted octanol–water partition coefficient (Wildman–Crippen LogP) is 5.81. The maximum atomic E-state index is 14.0. The van der Waals surface area contributed by atoms with E-state index in [0.29, 0.717) is 12.4 Å². The fourth-order valence-electron chi connectivity index (χ4n) is 8.14. The van der Waals surface area contributed by atoms with E-state index in [-0.39, 0.29) is 11.2 Å². The third-order valence-electron chi connectivity index (χ3n) is 9.50. The fraction of sp³-hybridized carbons (Fsp3) is 0.484. The lowest BCUT2D eigenvalue weighted by molar-refractivity contribution is -0.0449. The molecule has 4 aliphatic carbocycles. The molecule has 0 unspecified atom stereocenters. The molecule has 4 fully saturated rings. The molecule has 8 rings (SSSR count). The molecule has 2 aromatic carbocycles. The summed E-state index contributed by atoms with van der Waals surface area (Å²) in [4.78, 5) is 14.0. The van der Waals surface area contributed by atoms with Gasteiger partial charge in [0, 0.05) is 23.0 Å². The maximum Gasteiger partial charge on any atom is 0.329 e. The Hall–Kier alpha value is -3.48. The quantitative estimate of drug-likeness (QED) is 0.325. The smallest absolute Gasteiger partial charge is 0.293 e. The topological polar surface area (TPSA) is 81.4 Å². The first-order chi connectivity index (χ1) is 18.6. The molecule has 4 aromatic rings. The van der Waals surface area contributed by atoms with Crippen LogP contribution in [0.2, 0.25) is 0 Å². The summed E-state index contributed by atoms with van der Waals surface area (Å²) in [5, 5.41) is 14.5. The highest BCUT2D eigenvalue weighted by atomic mass is 16.1. The van der Waals surface area contributed by atoms with Crippen LogP contribution in [0.1, 0.15) is 69.5 Å². The number of aryl methyl sites for hydroxylation is 1. The number of nitrogens with zero attached hydrogens (tertiary/aromatic N) is 5. The van der Waals surface area contributed by atoms with E-state index in [9.17, 15) is 4.79 Å². The molecular formula is C31H36N6O. The van der Waals surface area contributed by atoms with Crippen molar-refractivity contribution in [3.05, 3.63) is 76.5 Å². The van der Waals surface area contributed by atoms with E-state index in [1.807, 2.05) is 18.2 Å². The Morgan fingerprint density at radius 3 is 2.26 bits per heavy atom. The van der Waals surface area contributed by atoms with Gasteiger partial charge in [0.05, 0.1) is 6.54 Å². The average Bonchev–Trinajstić information content (AvgIpc) is 3.56. The Labute approximate surface area is 223 Å². The van der Waals surface area contributed by atoms with E-state index < -0.39 is 0 Å². The minimum absolute atomic E-state index is 0.0567. The van der Waals surface area contributed by atoms with Crippen LogP contribution in [0.15, 0.2) is 59.5 Å². The lowest BCUT2D eigenvalue weighted by Crippen LogP contribution is -2.54. The molecule has 38 heavy (non-hydrogen) atoms. The zero-order valence-corrected chi connectivity index (χ0v) is 22.1. The molecule has 4 aliphatic rings. The second-order valence-corrected chi connectivity index (χ2v) is 12.1. The van der Waals surface area contributed by atoms with Crippen molar-refractivity contribution in [2.75, 3.05) is 0 Å². The van der Waals surface area contributed by atoms with Crippen molar-refractivity contribution >= 4 is 0 Å². The van der Waals surface area contributed by atoms with Crippen LogP contribution in [0.4, 0.5) is 0 Å². The van der Waals surface area contributed by atoms with Gasteiger partial charge in [-0.25, -0.2) is 9.89 Å². The van der Waals surface area contributed by atoms with Gasteiger partial charge in [-0.3, -0.25) is 9.13 Å². The molecule has 0 amide bonds. The summed E-state index contributed by atoms with van der Waals surface area (Å²) in [5.41, 5.74) is 5.75. The zero-order chi connectivity index (χ0) is 25.7. The Morgan fingerprint density at radius 2 is 1.63 bits per heavy atom. The second-order valence-electron chi connectivity index (χ2n) is 12.1. The van der Waals surface area contributed by atoms with E-state index in [1.165, 1.54) is 44.2 Å². The van der Waals surface area contributed by atoms with Crippen molar-refractivity contribution in [2.45, 2.75) is 76.8 Å². The standard InChI is InChI=1S/C31H36N6O/c1-2-3-6-26-20-37(31-16-22-13-23(17-31)15-24(14-22)18-31)30(38)36(26)19-21-9-11-25(12-10-21)27-7-4-5-8-28(27)29-32-34-35-33-29/h4-5,7-12,20,22-24H,2-3,6,13-19H2,1H3,(H,32,33,34,35). The predicted molar refractivity (Wildman–Crippen MR) is 148 cm³/mol. The number of rotatable bonds is 8. The first-order valence-electron chi connectivity index (χ1n) is 14.4. The molecule has 4 saturated carbocycles. The molecule has 1 N–H and O–H groups in total. The molecule has 196 valence electrons. The molecular weight excluding hydrogens is 472 g/mol. The van der Waals surface area contributed by atoms with Gasteiger partial charge in [-0.1, -0.05) is 61.9 Å². The average molecular weight is 509 g/mol. The molecule has 7 nitrogen and oxygen atoms in total. The number of aromatic amines is 1. The van der Waals surface area contributed by atoms with Gasteiger partial charge in [0.25, 0.3) is 0 Å². The van der Waals surface area contributed by atoms with Gasteiger partial charge >= 0.3 is 5.69 Å². The number of H-pyrrole nitrogens is 1. The number of imidazole rings is 1. The third kappa shape index (κ3) is 4.03. The van der Waals surface area contributed by atoms with Gasteiger partial charge in [0.15, 0.2) is 5.82 Å². The van der Waals surface area contributed by atoms with Crippen molar-refractivity contribution < 1.29 is 0 Å². The highest BCUT2D eigenvalue weighted by Crippen LogP contribution is 2.58. The van der Waals surface area contributed by atoms with Crippen molar-refractivity contribution in [2.24, 2.45) is 17.8 Å². The SMILES string of the molecule is CCCCc1cn(C23CC4CC(CC(C4)C2)C3)c(=O)n1Cc1ccc(-c2ccccc2-c2nnn[nH]2)cc1. The van der Waals surface area contributed by atoms with Gasteiger partial charge in [-0.15, -0.1) is 5.10 Å². The summed E-state index contributed by atoms with van der Waals surface area (Å²) in [6, 6.07) is 16.7. The maximum absolute atomic E-state index is 14.0. The van der Waals surface area contributed by atoms with E-state index >= 15 is 0 Å². The van der Waals surface area contributed by atoms with Crippen molar-refractivity contribution in [3.8, 4) is 22.5 Å². The summed E-state index contributed by atoms with van der Waals surface area (Å²) >= 11 is 0. The Morgan fingerprint density at radius 1 is 0.947 bits per heavy atom. The van der Waals surface area contributed by atoms with Crippen LogP contribution >= 0.6 is 0 Å². The minimum atomic E-state index is 0.0567. The first-order valence-corrected chi connectivity index (χ1v) is 14.4. The summed E-state index contributed by atoms with van der Waals surface area (Å²) in [5.74, 6) is 3.11. The Bertz CT molecular complexity index is 1440. The lowest BCUT2D eigenvalue weighted by Gasteiger charge is -2.56. The molecule has 0 spiro atoms. The summed E-state index contributed by atoms with van der Waals surface area (Å²) < 4.78 is 4.27. The fourth-order valence-corrected chi connectivity index (χ4v) is 8.14. The van der Waals surface area contributed by atoms with E-state index in [4.69, 9.17) is 0 Å². The summed E-state index contributed by atoms with van der Waals surface area (Å²) in [7, 11) is 0. The number of benzene rings is 2. The van der Waals surface area contributed by atoms with Crippen molar-refractivity contribution in [3.63, 3.8) is 0 Å². The molecule has 0 radical (unpaired) electrons. The number of nitrogens with one attached hydrogen (secondary N) is 1. The first kappa shape index (κ1) is 23.6. The Kier molecular flexibility index (Phi) is 5.82. The van der Waals surface area contributed by atoms with Crippen LogP contribution in [-0.2, 0) is 18.5 Å². The van der Waals surface area contributed by atoms with E-state index in [1.54, 1.807) is 0 Å². The summed E-state index contributed by atoms with van der Waals surface area (Å²) in [6.07, 6.45) is 13.2. The number of hydrogen-bond acceptors (Lipinski definition) is 4. The highest BCUT2D eigenvalue weighted by molar-refractivity contribution is 5.80. The molecule has 2 heterocycles. The van der Waals surface area contributed by atoms with Gasteiger partial charge in [0.2, 0.25) is 0 Å². The molecule has 4 bridgehead atoms. The normalized spacial score (nSPS) is 25.8. The number of hydrogen-bond donors (Lipinski definition) is 1. The van der Waals surface area contributed by atoms with Crippen molar-refractivity contribution in [1.29, 1.82) is 0 Å². The van der Waals surface area contributed by atoms with Crippen LogP contribution < -0.4 is 5.69 Å². The zero-order valence-electron chi connectivity index (χ0n) is 22.1. The van der Waals surface area contributed by atoms with Gasteiger partial charge in [-0.05, 0) is 96.2 Å². The summed E-state index contributed by atoms with van der Waals surface area (Å²) in [6.45, 7) is 2.84. The molecule has 2 aromatic heterocycles. The van der Waals surface area contributed by atoms with E-state index in [0.717, 1.165) is 59.3 Å². The van der Waals surface area contributed by atoms with Crippen molar-refractivity contribution in [1.82, 2.24) is 29.8 Å². The van der Waals surface area contributed by atoms with Gasteiger partial charge in [0.1, 0.15) is 0 Å². The molecule has 0 aliphatic heterocycles. The largest absolute Gasteiger partial charge is 0.329 e. The van der Waals surface area contributed by atoms with Gasteiger partial charge in [-0.2, -0.15) is 0 Å². The lowest BCUT2D eigenvalue weighted by atomic mass is 9.53. The van der Waals surface area contributed by atoms with Gasteiger partial charge < -0.3 is 0 Å².